The minimum Gasteiger partial charge on any atom is -0.392 e. The van der Waals surface area contributed by atoms with Crippen molar-refractivity contribution in [2.75, 3.05) is 13.2 Å². The maximum absolute atomic E-state index is 12.1. The molecule has 0 bridgehead atoms. The molecule has 0 spiro atoms. The second-order valence-electron chi connectivity index (χ2n) is 5.33. The van der Waals surface area contributed by atoms with Gasteiger partial charge in [-0.2, -0.15) is 0 Å². The molecular formula is C15H23NO4S. The first-order valence-electron chi connectivity index (χ1n) is 7.43. The van der Waals surface area contributed by atoms with E-state index in [0.717, 1.165) is 12.8 Å². The molecule has 2 N–H and O–H groups in total. The van der Waals surface area contributed by atoms with Crippen LogP contribution in [0.5, 0.6) is 0 Å². The third-order valence-electron chi connectivity index (χ3n) is 3.69. The molecule has 0 amide bonds. The summed E-state index contributed by atoms with van der Waals surface area (Å²) < 4.78 is 32.4. The van der Waals surface area contributed by atoms with Crippen molar-refractivity contribution in [1.82, 2.24) is 4.72 Å². The van der Waals surface area contributed by atoms with E-state index in [1.807, 2.05) is 0 Å². The van der Waals surface area contributed by atoms with Crippen molar-refractivity contribution in [3.8, 4) is 0 Å². The fourth-order valence-corrected chi connectivity index (χ4v) is 3.61. The van der Waals surface area contributed by atoms with Crippen molar-refractivity contribution in [2.24, 2.45) is 0 Å². The Hall–Kier alpha value is -0.950. The van der Waals surface area contributed by atoms with Gasteiger partial charge in [-0.15, -0.1) is 0 Å². The van der Waals surface area contributed by atoms with Gasteiger partial charge >= 0.3 is 0 Å². The van der Waals surface area contributed by atoms with Crippen molar-refractivity contribution < 1.29 is 18.3 Å². The van der Waals surface area contributed by atoms with Gasteiger partial charge in [0, 0.05) is 6.54 Å². The molecule has 0 heterocycles. The topological polar surface area (TPSA) is 75.6 Å². The van der Waals surface area contributed by atoms with Crippen LogP contribution in [0.4, 0.5) is 0 Å². The molecule has 2 rings (SSSR count). The van der Waals surface area contributed by atoms with Gasteiger partial charge < -0.3 is 9.84 Å². The molecule has 1 aliphatic carbocycles. The molecule has 1 saturated carbocycles. The van der Waals surface area contributed by atoms with Gasteiger partial charge in [-0.3, -0.25) is 0 Å². The summed E-state index contributed by atoms with van der Waals surface area (Å²) in [5.41, 5.74) is 0.580. The predicted octanol–water partition coefficient (Wildman–Crippen LogP) is 1.81. The van der Waals surface area contributed by atoms with Crippen molar-refractivity contribution in [2.45, 2.75) is 49.7 Å². The Morgan fingerprint density at radius 2 is 2.00 bits per heavy atom. The van der Waals surface area contributed by atoms with Crippen LogP contribution in [0.25, 0.3) is 0 Å². The normalized spacial score (nSPS) is 17.0. The summed E-state index contributed by atoms with van der Waals surface area (Å²) in [7, 11) is -3.54. The van der Waals surface area contributed by atoms with Crippen LogP contribution < -0.4 is 4.72 Å². The molecule has 118 valence electrons. The minimum absolute atomic E-state index is 0.172. The second kappa shape index (κ2) is 7.89. The highest BCUT2D eigenvalue weighted by atomic mass is 32.2. The maximum atomic E-state index is 12.1. The Labute approximate surface area is 126 Å². The first-order chi connectivity index (χ1) is 10.1. The lowest BCUT2D eigenvalue weighted by Crippen LogP contribution is -2.29. The number of ether oxygens (including phenoxy) is 1. The molecule has 1 aromatic carbocycles. The molecular weight excluding hydrogens is 290 g/mol. The average Bonchev–Trinajstić information content (AvgIpc) is 2.53. The Morgan fingerprint density at radius 3 is 2.71 bits per heavy atom. The predicted molar refractivity (Wildman–Crippen MR) is 80.4 cm³/mol. The number of hydrogen-bond acceptors (Lipinski definition) is 4. The fraction of sp³-hybridized carbons (Fsp3) is 0.600. The van der Waals surface area contributed by atoms with E-state index >= 15 is 0 Å². The molecule has 6 heteroatoms. The van der Waals surface area contributed by atoms with E-state index in [9.17, 15) is 8.42 Å². The monoisotopic (exact) mass is 313 g/mol. The summed E-state index contributed by atoms with van der Waals surface area (Å²) in [6.45, 7) is 0.486. The van der Waals surface area contributed by atoms with Crippen LogP contribution in [0.1, 0.15) is 37.7 Å². The lowest BCUT2D eigenvalue weighted by Gasteiger charge is -2.22. The maximum Gasteiger partial charge on any atom is 0.240 e. The number of aliphatic hydroxyl groups excluding tert-OH is 1. The van der Waals surface area contributed by atoms with Gasteiger partial charge in [0.05, 0.1) is 24.2 Å². The highest BCUT2D eigenvalue weighted by Gasteiger charge is 2.16. The number of aliphatic hydroxyl groups is 1. The zero-order valence-electron chi connectivity index (χ0n) is 12.1. The fourth-order valence-electron chi connectivity index (χ4n) is 2.53. The van der Waals surface area contributed by atoms with Crippen molar-refractivity contribution in [3.63, 3.8) is 0 Å². The van der Waals surface area contributed by atoms with Crippen molar-refractivity contribution >= 4 is 10.0 Å². The van der Waals surface area contributed by atoms with Gasteiger partial charge in [0.15, 0.2) is 0 Å². The zero-order chi connectivity index (χ0) is 15.1. The lowest BCUT2D eigenvalue weighted by atomic mass is 9.98. The van der Waals surface area contributed by atoms with Crippen LogP contribution in [0.2, 0.25) is 0 Å². The van der Waals surface area contributed by atoms with E-state index in [1.165, 1.54) is 31.4 Å². The van der Waals surface area contributed by atoms with Crippen LogP contribution >= 0.6 is 0 Å². The Balaban J connectivity index is 1.80. The highest BCUT2D eigenvalue weighted by molar-refractivity contribution is 7.89. The molecule has 0 saturated heterocycles. The number of nitrogens with one attached hydrogen (secondary N) is 1. The molecule has 1 fully saturated rings. The van der Waals surface area contributed by atoms with Crippen molar-refractivity contribution in [3.05, 3.63) is 29.8 Å². The van der Waals surface area contributed by atoms with E-state index in [4.69, 9.17) is 9.84 Å². The number of hydrogen-bond donors (Lipinski definition) is 2. The molecule has 21 heavy (non-hydrogen) atoms. The molecule has 1 aromatic rings. The lowest BCUT2D eigenvalue weighted by molar-refractivity contribution is 0.0321. The summed E-state index contributed by atoms with van der Waals surface area (Å²) in [5, 5.41) is 9.05. The molecule has 5 nitrogen and oxygen atoms in total. The summed E-state index contributed by atoms with van der Waals surface area (Å²) in [5.74, 6) is 0. The summed E-state index contributed by atoms with van der Waals surface area (Å²) in [6, 6.07) is 6.30. The third-order valence-corrected chi connectivity index (χ3v) is 5.15. The quantitative estimate of drug-likeness (QED) is 0.753. The molecule has 0 atom stereocenters. The Morgan fingerprint density at radius 1 is 1.24 bits per heavy atom. The molecule has 0 unspecified atom stereocenters. The van der Waals surface area contributed by atoms with Gasteiger partial charge in [-0.25, -0.2) is 13.1 Å². The van der Waals surface area contributed by atoms with Gasteiger partial charge in [0.25, 0.3) is 0 Å². The standard InChI is InChI=1S/C15H23NO4S/c17-12-13-5-4-8-15(11-13)21(18,19)16-9-10-20-14-6-2-1-3-7-14/h4-5,8,11,14,16-17H,1-3,6-7,9-10,12H2. The van der Waals surface area contributed by atoms with Gasteiger partial charge in [0.1, 0.15) is 0 Å². The van der Waals surface area contributed by atoms with Crippen molar-refractivity contribution in [1.29, 1.82) is 0 Å². The van der Waals surface area contributed by atoms with Crippen LogP contribution in [0, 0.1) is 0 Å². The summed E-state index contributed by atoms with van der Waals surface area (Å²) >= 11 is 0. The summed E-state index contributed by atoms with van der Waals surface area (Å²) in [4.78, 5) is 0.173. The van der Waals surface area contributed by atoms with Gasteiger partial charge in [0.2, 0.25) is 10.0 Å². The van der Waals surface area contributed by atoms with Crippen LogP contribution in [-0.4, -0.2) is 32.8 Å². The first kappa shape index (κ1) is 16.4. The van der Waals surface area contributed by atoms with Gasteiger partial charge in [-0.05, 0) is 30.5 Å². The number of sulfonamides is 1. The minimum atomic E-state index is -3.54. The molecule has 0 aromatic heterocycles. The Kier molecular flexibility index (Phi) is 6.17. The number of benzene rings is 1. The van der Waals surface area contributed by atoms with E-state index in [0.29, 0.717) is 12.2 Å². The smallest absolute Gasteiger partial charge is 0.240 e. The molecule has 0 radical (unpaired) electrons. The van der Waals surface area contributed by atoms with Crippen LogP contribution in [0.3, 0.4) is 0 Å². The van der Waals surface area contributed by atoms with E-state index in [2.05, 4.69) is 4.72 Å². The van der Waals surface area contributed by atoms with E-state index in [-0.39, 0.29) is 24.2 Å². The highest BCUT2D eigenvalue weighted by Crippen LogP contribution is 2.20. The molecule has 1 aliphatic rings. The Bertz CT molecular complexity index is 538. The molecule has 0 aliphatic heterocycles. The van der Waals surface area contributed by atoms with Gasteiger partial charge in [-0.1, -0.05) is 31.4 Å². The van der Waals surface area contributed by atoms with Crippen LogP contribution in [-0.2, 0) is 21.4 Å². The number of rotatable bonds is 7. The third kappa shape index (κ3) is 5.07. The largest absolute Gasteiger partial charge is 0.392 e. The SMILES string of the molecule is O=S(=O)(NCCOC1CCCCC1)c1cccc(CO)c1. The van der Waals surface area contributed by atoms with Crippen LogP contribution in [0.15, 0.2) is 29.2 Å². The second-order valence-corrected chi connectivity index (χ2v) is 7.10. The summed E-state index contributed by atoms with van der Waals surface area (Å²) in [6.07, 6.45) is 6.10. The average molecular weight is 313 g/mol. The zero-order valence-corrected chi connectivity index (χ0v) is 12.9. The van der Waals surface area contributed by atoms with E-state index in [1.54, 1.807) is 12.1 Å². The van der Waals surface area contributed by atoms with E-state index < -0.39 is 10.0 Å². The first-order valence-corrected chi connectivity index (χ1v) is 8.91.